The molecular formula is C35H37B2Cl2Cs2N3O15. The Bertz CT molecular complexity index is 2050. The van der Waals surface area contributed by atoms with Crippen LogP contribution in [0.1, 0.15) is 62.6 Å². The maximum absolute atomic E-state index is 11.7. The van der Waals surface area contributed by atoms with Crippen LogP contribution in [0.25, 0.3) is 0 Å². The molecule has 0 spiro atoms. The summed E-state index contributed by atoms with van der Waals surface area (Å²) in [6.07, 6.45) is 1.90. The van der Waals surface area contributed by atoms with Crippen molar-refractivity contribution >= 4 is 72.5 Å². The van der Waals surface area contributed by atoms with Gasteiger partial charge in [-0.1, -0.05) is 23.2 Å². The maximum Gasteiger partial charge on any atom is 1.00 e. The van der Waals surface area contributed by atoms with Gasteiger partial charge >= 0.3 is 164 Å². The molecule has 59 heavy (non-hydrogen) atoms. The van der Waals surface area contributed by atoms with E-state index in [4.69, 9.17) is 56.8 Å². The monoisotopic (exact) mass is 1100 g/mol. The molecule has 304 valence electrons. The average molecular weight is 1100 g/mol. The summed E-state index contributed by atoms with van der Waals surface area (Å²) in [5, 5.41) is 48.4. The fraction of sp³-hybridized carbons (Fsp3) is 0.286. The molecule has 2 aliphatic heterocycles. The van der Waals surface area contributed by atoms with Crippen molar-refractivity contribution in [1.29, 1.82) is 0 Å². The number of aromatic nitrogens is 2. The quantitative estimate of drug-likeness (QED) is 0.0275. The zero-order chi connectivity index (χ0) is 42.2. The minimum Gasteiger partial charge on any atom is -1.00 e. The van der Waals surface area contributed by atoms with E-state index in [2.05, 4.69) is 14.9 Å². The Labute approximate surface area is 468 Å². The van der Waals surface area contributed by atoms with Gasteiger partial charge in [0.05, 0.1) is 49.3 Å². The summed E-state index contributed by atoms with van der Waals surface area (Å²) in [7, 11) is -2.22. The van der Waals surface area contributed by atoms with Gasteiger partial charge in [0.2, 0.25) is 0 Å². The Balaban J connectivity index is 0.000000872. The predicted octanol–water partition coefficient (Wildman–Crippen LogP) is -2.84. The molecule has 2 unspecified atom stereocenters. The Hall–Kier alpha value is -1.24. The molecule has 3 N–H and O–H groups in total. The number of fused-ring (bicyclic) bond motifs is 2. The van der Waals surface area contributed by atoms with Gasteiger partial charge in [0.15, 0.2) is 0 Å². The van der Waals surface area contributed by atoms with Crippen molar-refractivity contribution in [3.05, 3.63) is 104 Å². The molecule has 4 heterocycles. The van der Waals surface area contributed by atoms with Crippen LogP contribution in [0.3, 0.4) is 0 Å². The molecular weight excluding hydrogens is 1060 g/mol. The zero-order valence-electron chi connectivity index (χ0n) is 33.8. The van der Waals surface area contributed by atoms with Crippen LogP contribution in [0.15, 0.2) is 60.9 Å². The summed E-state index contributed by atoms with van der Waals surface area (Å²) in [5.41, 5.74) is 4.26. The fourth-order valence-electron chi connectivity index (χ4n) is 5.67. The van der Waals surface area contributed by atoms with Crippen molar-refractivity contribution in [3.8, 4) is 17.2 Å². The second-order valence-corrected chi connectivity index (χ2v) is 12.5. The first kappa shape index (κ1) is 55.8. The first-order valence-electron chi connectivity index (χ1n) is 16.9. The van der Waals surface area contributed by atoms with E-state index in [-0.39, 0.29) is 187 Å². The third kappa shape index (κ3) is 17.8. The molecule has 2 aliphatic rings. The number of pyridine rings is 2. The van der Waals surface area contributed by atoms with Gasteiger partial charge in [0.1, 0.15) is 27.6 Å². The molecule has 18 nitrogen and oxygen atoms in total. The van der Waals surface area contributed by atoms with E-state index in [0.717, 1.165) is 22.3 Å². The van der Waals surface area contributed by atoms with Crippen LogP contribution in [0.5, 0.6) is 17.2 Å². The van der Waals surface area contributed by atoms with Crippen molar-refractivity contribution in [2.24, 2.45) is 0 Å². The molecule has 0 radical (unpaired) electrons. The molecule has 0 amide bonds. The second kappa shape index (κ2) is 28.5. The molecule has 0 fully saturated rings. The van der Waals surface area contributed by atoms with Crippen molar-refractivity contribution in [3.63, 3.8) is 0 Å². The van der Waals surface area contributed by atoms with Crippen molar-refractivity contribution in [2.45, 2.75) is 52.7 Å². The maximum atomic E-state index is 11.7. The van der Waals surface area contributed by atoms with Crippen LogP contribution in [0, 0.1) is 24.0 Å². The van der Waals surface area contributed by atoms with Crippen molar-refractivity contribution in [2.75, 3.05) is 13.2 Å². The zero-order valence-corrected chi connectivity index (χ0v) is 46.9. The number of halogens is 2. The van der Waals surface area contributed by atoms with E-state index in [1.54, 1.807) is 51.2 Å². The van der Waals surface area contributed by atoms with Crippen LogP contribution in [-0.4, -0.2) is 75.9 Å². The molecule has 0 aliphatic carbocycles. The van der Waals surface area contributed by atoms with E-state index in [1.807, 2.05) is 13.0 Å². The van der Waals surface area contributed by atoms with Crippen LogP contribution >= 0.6 is 23.2 Å². The third-order valence-electron chi connectivity index (χ3n) is 7.77. The Morgan fingerprint density at radius 3 is 1.76 bits per heavy atom. The standard InChI is InChI=1S/C17H17BClNO5.C12H15BO5.C5H3ClN2O2.CH2O3.2Cs.H/c1-3-23-16(21)9-14-17-10(2)6-12(7-13(17)18(22)25-14)24-11-4-5-20-15(19)8-11;1-3-17-11(15)6-10-12-7(2)4-8(14)5-9(12)13(16)18-10;6-5-3-4(8(9)10)1-2-7-5;2-1-4-3;;;/h4-8,14,22H,3,9H2,1-2H3;4-5,10,14,16H,3,6H2,1-2H3;1-3H;1,3H;;;/q;;;;2*+1;-1/p-1. The molecule has 24 heteroatoms. The van der Waals surface area contributed by atoms with Crippen LogP contribution in [0.4, 0.5) is 5.69 Å². The van der Waals surface area contributed by atoms with Gasteiger partial charge < -0.3 is 50.2 Å². The normalized spacial score (nSPS) is 14.1. The predicted molar refractivity (Wildman–Crippen MR) is 203 cm³/mol. The van der Waals surface area contributed by atoms with E-state index in [1.165, 1.54) is 24.4 Å². The number of carbonyl (C=O) groups is 3. The van der Waals surface area contributed by atoms with E-state index in [9.17, 15) is 34.9 Å². The number of benzene rings is 2. The van der Waals surface area contributed by atoms with Gasteiger partial charge in [0.25, 0.3) is 12.2 Å². The van der Waals surface area contributed by atoms with Crippen LogP contribution in [0.2, 0.25) is 10.3 Å². The smallest absolute Gasteiger partial charge is 1.00 e. The molecule has 2 aromatic heterocycles. The summed E-state index contributed by atoms with van der Waals surface area (Å²) in [6, 6.07) is 12.3. The summed E-state index contributed by atoms with van der Waals surface area (Å²) in [6.45, 7) is 7.61. The molecule has 0 saturated heterocycles. The molecule has 4 aromatic rings. The minimum absolute atomic E-state index is 0. The number of hydrogen-bond donors (Lipinski definition) is 3. The number of esters is 2. The van der Waals surface area contributed by atoms with Crippen LogP contribution < -0.4 is 159 Å². The molecule has 0 saturated carbocycles. The number of rotatable bonds is 10. The number of phenolic OH excluding ortho intramolecular Hbond substituents is 1. The molecule has 6 rings (SSSR count). The first-order valence-corrected chi connectivity index (χ1v) is 17.6. The van der Waals surface area contributed by atoms with Crippen molar-refractivity contribution < 1.29 is 207 Å². The Morgan fingerprint density at radius 1 is 0.847 bits per heavy atom. The number of nitrogens with zero attached hydrogens (tertiary/aromatic N) is 3. The number of carbonyl (C=O) groups excluding carboxylic acids is 3. The largest absolute Gasteiger partial charge is 1.00 e. The SMILES string of the molecule is CCOC(=O)CC1OB(O)c2cc(O)cc(C)c21.CCOC(=O)CC1OB(O)c2cc(Oc3ccnc(Cl)c3)cc(C)c21.O=CO[O-].O=[N+]([O-])c1ccnc(Cl)c1.[Cs+].[Cs+].[H-]. The third-order valence-corrected chi connectivity index (χ3v) is 8.18. The summed E-state index contributed by atoms with van der Waals surface area (Å²) >= 11 is 11.2. The van der Waals surface area contributed by atoms with Gasteiger partial charge in [-0.05, 0) is 91.2 Å². The molecule has 0 bridgehead atoms. The van der Waals surface area contributed by atoms with Gasteiger partial charge in [-0.15, -0.1) is 0 Å². The molecule has 2 aromatic carbocycles. The van der Waals surface area contributed by atoms with Gasteiger partial charge in [-0.3, -0.25) is 24.5 Å². The summed E-state index contributed by atoms with van der Waals surface area (Å²) in [4.78, 5) is 51.5. The Kier molecular flexibility index (Phi) is 26.9. The number of aromatic hydroxyl groups is 1. The number of phenols is 1. The first-order chi connectivity index (χ1) is 27.1. The number of hydrogen-bond acceptors (Lipinski definition) is 17. The summed E-state index contributed by atoms with van der Waals surface area (Å²) in [5.74, 6) is 0.424. The number of ether oxygens (including phenoxy) is 3. The van der Waals surface area contributed by atoms with Gasteiger partial charge in [-0.25, -0.2) is 9.97 Å². The average Bonchev–Trinajstić information content (AvgIpc) is 3.63. The van der Waals surface area contributed by atoms with Crippen LogP contribution in [-0.2, 0) is 38.1 Å². The van der Waals surface area contributed by atoms with Gasteiger partial charge in [0, 0.05) is 24.5 Å². The van der Waals surface area contributed by atoms with E-state index >= 15 is 0 Å². The van der Waals surface area contributed by atoms with Gasteiger partial charge in [-0.2, -0.15) is 0 Å². The van der Waals surface area contributed by atoms with E-state index in [0.29, 0.717) is 40.8 Å². The Morgan fingerprint density at radius 2 is 1.32 bits per heavy atom. The number of aryl methyl sites for hydroxylation is 2. The summed E-state index contributed by atoms with van der Waals surface area (Å²) < 4.78 is 26.5. The molecule has 2 atom stereocenters. The second-order valence-electron chi connectivity index (χ2n) is 11.7. The van der Waals surface area contributed by atoms with E-state index < -0.39 is 31.4 Å². The number of nitro groups is 1. The fourth-order valence-corrected chi connectivity index (χ4v) is 6.00. The minimum atomic E-state index is -1.11. The van der Waals surface area contributed by atoms with Crippen molar-refractivity contribution in [1.82, 2.24) is 9.97 Å². The topological polar surface area (TPSA) is 259 Å².